The van der Waals surface area contributed by atoms with E-state index in [1.807, 2.05) is 37.3 Å². The molecular formula is C31H40N2O3. The maximum Gasteiger partial charge on any atom is 0.261 e. The van der Waals surface area contributed by atoms with E-state index < -0.39 is 5.60 Å². The van der Waals surface area contributed by atoms with Crippen molar-refractivity contribution in [2.45, 2.75) is 83.8 Å². The molecule has 0 heterocycles. The fraction of sp³-hybridized carbons (Fsp3) is 0.613. The molecule has 36 heavy (non-hydrogen) atoms. The number of nitrogens with zero attached hydrogens (tertiary/aromatic N) is 1. The molecule has 3 fully saturated rings. The summed E-state index contributed by atoms with van der Waals surface area (Å²) in [6.07, 6.45) is 16.1. The van der Waals surface area contributed by atoms with Gasteiger partial charge in [0.1, 0.15) is 5.60 Å². The highest BCUT2D eigenvalue weighted by atomic mass is 16.6. The monoisotopic (exact) mass is 488 g/mol. The van der Waals surface area contributed by atoms with Gasteiger partial charge >= 0.3 is 0 Å². The molecule has 0 bridgehead atoms. The Balaban J connectivity index is 1.21. The molecule has 7 atom stereocenters. The fourth-order valence-corrected chi connectivity index (χ4v) is 8.18. The number of carbonyl (C=O) groups is 1. The first-order valence-electron chi connectivity index (χ1n) is 13.6. The minimum atomic E-state index is -0.950. The number of oxime groups is 1. The standard InChI is InChI=1S/C31H40N2O3/c1-5-31(35)18-15-27-25-12-11-23-19-24(13-16-29(23,3)26(25)14-17-30(27,31)4)33-36-20-28(34)32-21(2)22-9-7-6-8-10-22/h1,6-10,19,21,25-27,35H,11-18,20H2,2-4H3,(H,32,34). The second kappa shape index (κ2) is 9.38. The number of rotatable bonds is 5. The van der Waals surface area contributed by atoms with Gasteiger partial charge in [0, 0.05) is 5.41 Å². The van der Waals surface area contributed by atoms with Gasteiger partial charge in [0.05, 0.1) is 11.8 Å². The molecule has 0 saturated heterocycles. The van der Waals surface area contributed by atoms with Gasteiger partial charge in [-0.05, 0) is 93.1 Å². The van der Waals surface area contributed by atoms with E-state index in [1.165, 1.54) is 5.57 Å². The molecule has 7 unspecified atom stereocenters. The lowest BCUT2D eigenvalue weighted by atomic mass is 9.46. The van der Waals surface area contributed by atoms with Gasteiger partial charge in [-0.2, -0.15) is 0 Å². The van der Waals surface area contributed by atoms with Crippen molar-refractivity contribution in [1.82, 2.24) is 5.32 Å². The molecule has 0 aromatic heterocycles. The summed E-state index contributed by atoms with van der Waals surface area (Å²) in [6, 6.07) is 9.83. The maximum absolute atomic E-state index is 12.3. The first-order valence-corrected chi connectivity index (χ1v) is 13.6. The number of hydrogen-bond donors (Lipinski definition) is 2. The van der Waals surface area contributed by atoms with Crippen LogP contribution in [0, 0.1) is 40.9 Å². The summed E-state index contributed by atoms with van der Waals surface area (Å²) in [5, 5.41) is 18.5. The quantitative estimate of drug-likeness (QED) is 0.421. The molecule has 5 heteroatoms. The molecule has 1 aromatic carbocycles. The largest absolute Gasteiger partial charge is 0.385 e. The first kappa shape index (κ1) is 25.1. The van der Waals surface area contributed by atoms with Crippen LogP contribution in [0.1, 0.15) is 83.7 Å². The molecule has 3 saturated carbocycles. The lowest BCUT2D eigenvalue weighted by Crippen LogP contribution is -2.54. The lowest BCUT2D eigenvalue weighted by molar-refractivity contribution is -0.126. The summed E-state index contributed by atoms with van der Waals surface area (Å²) >= 11 is 0. The van der Waals surface area contributed by atoms with Crippen molar-refractivity contribution in [3.63, 3.8) is 0 Å². The maximum atomic E-state index is 12.3. The summed E-state index contributed by atoms with van der Waals surface area (Å²) in [6.45, 7) is 6.57. The Morgan fingerprint density at radius 2 is 1.92 bits per heavy atom. The van der Waals surface area contributed by atoms with E-state index >= 15 is 0 Å². The van der Waals surface area contributed by atoms with Gasteiger partial charge in [0.25, 0.3) is 5.91 Å². The zero-order valence-corrected chi connectivity index (χ0v) is 21.9. The molecule has 1 amide bonds. The Kier molecular flexibility index (Phi) is 6.53. The van der Waals surface area contributed by atoms with Gasteiger partial charge in [-0.25, -0.2) is 0 Å². The van der Waals surface area contributed by atoms with Crippen molar-refractivity contribution in [2.75, 3.05) is 6.61 Å². The molecule has 4 aliphatic rings. The lowest BCUT2D eigenvalue weighted by Gasteiger charge is -2.58. The predicted octanol–water partition coefficient (Wildman–Crippen LogP) is 5.56. The van der Waals surface area contributed by atoms with Crippen LogP contribution in [0.4, 0.5) is 0 Å². The highest BCUT2D eigenvalue weighted by molar-refractivity contribution is 5.96. The van der Waals surface area contributed by atoms with Crippen LogP contribution in [0.3, 0.4) is 0 Å². The molecule has 5 rings (SSSR count). The zero-order valence-electron chi connectivity index (χ0n) is 21.9. The summed E-state index contributed by atoms with van der Waals surface area (Å²) < 4.78 is 0. The van der Waals surface area contributed by atoms with Crippen LogP contribution in [0.25, 0.3) is 0 Å². The number of fused-ring (bicyclic) bond motifs is 5. The van der Waals surface area contributed by atoms with Crippen LogP contribution in [-0.4, -0.2) is 28.9 Å². The van der Waals surface area contributed by atoms with E-state index in [9.17, 15) is 9.90 Å². The van der Waals surface area contributed by atoms with Gasteiger partial charge in [-0.15, -0.1) is 6.42 Å². The number of hydrogen-bond acceptors (Lipinski definition) is 4. The van der Waals surface area contributed by atoms with E-state index in [2.05, 4.69) is 36.3 Å². The summed E-state index contributed by atoms with van der Waals surface area (Å²) in [7, 11) is 0. The average Bonchev–Trinajstić information content (AvgIpc) is 3.15. The van der Waals surface area contributed by atoms with Crippen LogP contribution in [0.5, 0.6) is 0 Å². The molecule has 2 N–H and O–H groups in total. The topological polar surface area (TPSA) is 70.9 Å². The Labute approximate surface area is 215 Å². The summed E-state index contributed by atoms with van der Waals surface area (Å²) in [4.78, 5) is 17.8. The van der Waals surface area contributed by atoms with E-state index in [-0.39, 0.29) is 29.4 Å². The van der Waals surface area contributed by atoms with Gasteiger partial charge in [0.2, 0.25) is 0 Å². The van der Waals surface area contributed by atoms with Gasteiger partial charge in [0.15, 0.2) is 6.61 Å². The molecule has 4 aliphatic carbocycles. The van der Waals surface area contributed by atoms with Crippen molar-refractivity contribution in [1.29, 1.82) is 0 Å². The molecule has 192 valence electrons. The zero-order chi connectivity index (χ0) is 25.6. The van der Waals surface area contributed by atoms with Crippen LogP contribution in [0.2, 0.25) is 0 Å². The van der Waals surface area contributed by atoms with E-state index in [0.717, 1.165) is 62.6 Å². The minimum absolute atomic E-state index is 0.0727. The fourth-order valence-electron chi connectivity index (χ4n) is 8.18. The van der Waals surface area contributed by atoms with E-state index in [0.29, 0.717) is 17.8 Å². The van der Waals surface area contributed by atoms with Crippen molar-refractivity contribution in [2.24, 2.45) is 33.7 Å². The number of carbonyl (C=O) groups excluding carboxylic acids is 1. The Morgan fingerprint density at radius 1 is 1.17 bits per heavy atom. The van der Waals surface area contributed by atoms with Gasteiger partial charge in [-0.3, -0.25) is 4.79 Å². The molecule has 5 nitrogen and oxygen atoms in total. The summed E-state index contributed by atoms with van der Waals surface area (Å²) in [5.74, 6) is 4.37. The second-order valence-electron chi connectivity index (χ2n) is 12.1. The Bertz CT molecular complexity index is 1100. The third-order valence-corrected chi connectivity index (χ3v) is 10.4. The summed E-state index contributed by atoms with van der Waals surface area (Å²) in [5.41, 5.74) is 2.54. The average molecular weight is 489 g/mol. The second-order valence-corrected chi connectivity index (χ2v) is 12.1. The van der Waals surface area contributed by atoms with Crippen LogP contribution >= 0.6 is 0 Å². The molecular weight excluding hydrogens is 448 g/mol. The number of amides is 1. The number of aliphatic hydroxyl groups is 1. The van der Waals surface area contributed by atoms with Gasteiger partial charge in [-0.1, -0.05) is 60.8 Å². The number of nitrogens with one attached hydrogen (secondary N) is 1. The van der Waals surface area contributed by atoms with Crippen molar-refractivity contribution >= 4 is 11.6 Å². The highest BCUT2D eigenvalue weighted by Crippen LogP contribution is 2.67. The van der Waals surface area contributed by atoms with E-state index in [1.54, 1.807) is 0 Å². The van der Waals surface area contributed by atoms with Crippen LogP contribution in [0.15, 0.2) is 47.1 Å². The van der Waals surface area contributed by atoms with Crippen molar-refractivity contribution in [3.8, 4) is 12.3 Å². The number of benzene rings is 1. The minimum Gasteiger partial charge on any atom is -0.385 e. The van der Waals surface area contributed by atoms with Crippen molar-refractivity contribution in [3.05, 3.63) is 47.5 Å². The highest BCUT2D eigenvalue weighted by Gasteiger charge is 2.63. The third-order valence-electron chi connectivity index (χ3n) is 10.4. The normalized spacial score (nSPS) is 39.1. The molecule has 0 radical (unpaired) electrons. The molecule has 0 aliphatic heterocycles. The predicted molar refractivity (Wildman–Crippen MR) is 142 cm³/mol. The molecule has 1 aromatic rings. The van der Waals surface area contributed by atoms with Gasteiger partial charge < -0.3 is 15.3 Å². The molecule has 0 spiro atoms. The number of terminal acetylenes is 1. The third kappa shape index (κ3) is 4.08. The SMILES string of the molecule is C#CC1(O)CCC2C3CCC4=CC(=NOCC(=O)NC(C)c5ccccc5)CCC4(C)C3CCC21C. The van der Waals surface area contributed by atoms with Crippen LogP contribution < -0.4 is 5.32 Å². The smallest absolute Gasteiger partial charge is 0.261 e. The van der Waals surface area contributed by atoms with E-state index in [4.69, 9.17) is 11.3 Å². The first-order chi connectivity index (χ1) is 17.2. The Morgan fingerprint density at radius 3 is 2.67 bits per heavy atom. The Hall–Kier alpha value is -2.58. The van der Waals surface area contributed by atoms with Crippen LogP contribution in [-0.2, 0) is 9.63 Å². The number of allylic oxidation sites excluding steroid dienone is 2. The van der Waals surface area contributed by atoms with Crippen molar-refractivity contribution < 1.29 is 14.7 Å².